The van der Waals surface area contributed by atoms with Crippen LogP contribution in [0.25, 0.3) is 0 Å². The number of rotatable bonds is 44. The van der Waals surface area contributed by atoms with Gasteiger partial charge in [0.1, 0.15) is 30.5 Å². The largest absolute Gasteiger partial charge is 0.455 e. The molecule has 0 unspecified atom stereocenters. The Kier molecular flexibility index (Phi) is 36.8. The molecule has 432 valence electrons. The summed E-state index contributed by atoms with van der Waals surface area (Å²) in [4.78, 5) is 27.5. The number of aliphatic hydroxyl groups is 5. The molecule has 73 heavy (non-hydrogen) atoms. The minimum absolute atomic E-state index is 0.0444. The lowest BCUT2D eigenvalue weighted by Crippen LogP contribution is -2.65. The Morgan fingerprint density at radius 1 is 0.493 bits per heavy atom. The van der Waals surface area contributed by atoms with Crippen LogP contribution in [0.2, 0.25) is 0 Å². The van der Waals surface area contributed by atoms with Crippen molar-refractivity contribution in [3.63, 3.8) is 0 Å². The first-order chi connectivity index (χ1) is 35.0. The standard InChI is InChI=1S/C56H106O16S/c1-7-9-11-13-15-17-19-21-23-24-26-28-30-32-34-41(3)36-42(4)37-43(5)38-44(6)54(63)70-51-49(61)46(40-58)68-56(71-55-52(72-73(64,65)66)50(62)48(60)45(39-57)67-55)53(51)69-47(59)35-33-31-29-27-25-22-20-18-16-14-12-10-8-2/h41-46,48-53,55-58,60-62H,7-40H2,1-6H3,(H,64,65,66)/t41-,42-,43-,44-,45+,46+,48+,49+,50-,51-,52+,53+,55+,56+/m0/s1. The van der Waals surface area contributed by atoms with Crippen LogP contribution in [0.3, 0.4) is 0 Å². The van der Waals surface area contributed by atoms with Gasteiger partial charge in [-0.25, -0.2) is 4.18 Å². The predicted octanol–water partition coefficient (Wildman–Crippen LogP) is 10.6. The van der Waals surface area contributed by atoms with E-state index >= 15 is 0 Å². The smallest absolute Gasteiger partial charge is 0.397 e. The van der Waals surface area contributed by atoms with Gasteiger partial charge in [-0.15, -0.1) is 0 Å². The van der Waals surface area contributed by atoms with Crippen molar-refractivity contribution >= 4 is 22.3 Å². The molecule has 2 fully saturated rings. The van der Waals surface area contributed by atoms with Crippen LogP contribution in [0, 0.1) is 23.7 Å². The predicted molar refractivity (Wildman–Crippen MR) is 283 cm³/mol. The van der Waals surface area contributed by atoms with Crippen molar-refractivity contribution in [2.45, 2.75) is 308 Å². The van der Waals surface area contributed by atoms with Gasteiger partial charge in [0.25, 0.3) is 0 Å². The fourth-order valence-electron chi connectivity index (χ4n) is 10.8. The third kappa shape index (κ3) is 29.2. The summed E-state index contributed by atoms with van der Waals surface area (Å²) in [6, 6.07) is 0. The zero-order valence-electron chi connectivity index (χ0n) is 46.3. The van der Waals surface area contributed by atoms with Gasteiger partial charge in [-0.05, 0) is 43.4 Å². The zero-order valence-corrected chi connectivity index (χ0v) is 47.1. The summed E-state index contributed by atoms with van der Waals surface area (Å²) in [6.07, 6.45) is 18.5. The van der Waals surface area contributed by atoms with Crippen molar-refractivity contribution < 1.29 is 76.0 Å². The first-order valence-electron chi connectivity index (χ1n) is 29.2. The van der Waals surface area contributed by atoms with Crippen molar-refractivity contribution in [3.05, 3.63) is 0 Å². The van der Waals surface area contributed by atoms with Gasteiger partial charge in [0.2, 0.25) is 6.29 Å². The van der Waals surface area contributed by atoms with E-state index in [0.717, 1.165) is 38.5 Å². The van der Waals surface area contributed by atoms with Crippen LogP contribution in [0.4, 0.5) is 0 Å². The van der Waals surface area contributed by atoms with Crippen LogP contribution in [-0.2, 0) is 47.9 Å². The Balaban J connectivity index is 2.02. The van der Waals surface area contributed by atoms with Gasteiger partial charge in [-0.3, -0.25) is 14.1 Å². The number of hydrogen-bond donors (Lipinski definition) is 6. The summed E-state index contributed by atoms with van der Waals surface area (Å²) in [6.45, 7) is 11.2. The van der Waals surface area contributed by atoms with Gasteiger partial charge in [0, 0.05) is 6.42 Å². The van der Waals surface area contributed by atoms with Crippen LogP contribution < -0.4 is 0 Å². The molecule has 0 radical (unpaired) electrons. The number of esters is 2. The Bertz CT molecular complexity index is 1500. The van der Waals surface area contributed by atoms with E-state index in [9.17, 15) is 48.1 Å². The molecular formula is C56H106O16S. The molecule has 0 saturated carbocycles. The highest BCUT2D eigenvalue weighted by Gasteiger charge is 2.54. The molecule has 14 atom stereocenters. The summed E-state index contributed by atoms with van der Waals surface area (Å²) >= 11 is 0. The fraction of sp³-hybridized carbons (Fsp3) is 0.964. The highest BCUT2D eigenvalue weighted by molar-refractivity contribution is 7.80. The third-order valence-corrected chi connectivity index (χ3v) is 15.4. The zero-order chi connectivity index (χ0) is 54.0. The monoisotopic (exact) mass is 1070 g/mol. The van der Waals surface area contributed by atoms with Crippen LogP contribution >= 0.6 is 0 Å². The first kappa shape index (κ1) is 67.6. The number of carbonyl (C=O) groups is 2. The van der Waals surface area contributed by atoms with Crippen LogP contribution in [0.15, 0.2) is 0 Å². The van der Waals surface area contributed by atoms with Gasteiger partial charge < -0.3 is 49.2 Å². The minimum Gasteiger partial charge on any atom is -0.455 e. The molecule has 0 aliphatic carbocycles. The number of carbonyl (C=O) groups excluding carboxylic acids is 2. The van der Waals surface area contributed by atoms with Crippen molar-refractivity contribution in [1.29, 1.82) is 0 Å². The molecule has 0 aromatic heterocycles. The average molecular weight is 1070 g/mol. The summed E-state index contributed by atoms with van der Waals surface area (Å²) in [7, 11) is -5.30. The molecule has 0 aromatic rings. The highest BCUT2D eigenvalue weighted by Crippen LogP contribution is 2.34. The van der Waals surface area contributed by atoms with E-state index in [1.165, 1.54) is 148 Å². The van der Waals surface area contributed by atoms with E-state index in [1.54, 1.807) is 6.92 Å². The quantitative estimate of drug-likeness (QED) is 0.0189. The minimum atomic E-state index is -5.30. The lowest BCUT2D eigenvalue weighted by molar-refractivity contribution is -0.374. The number of ether oxygens (including phenoxy) is 5. The number of unbranched alkanes of at least 4 members (excludes halogenated alkanes) is 25. The number of hydrogen-bond acceptors (Lipinski definition) is 15. The molecule has 6 N–H and O–H groups in total. The summed E-state index contributed by atoms with van der Waals surface area (Å²) in [5.74, 6) is -0.938. The van der Waals surface area contributed by atoms with E-state index in [4.69, 9.17) is 23.7 Å². The lowest BCUT2D eigenvalue weighted by Gasteiger charge is -2.46. The number of aliphatic hydroxyl groups excluding tert-OH is 5. The molecule has 0 aromatic carbocycles. The molecule has 0 bridgehead atoms. The van der Waals surface area contributed by atoms with E-state index in [0.29, 0.717) is 24.7 Å². The topological polar surface area (TPSA) is 245 Å². The van der Waals surface area contributed by atoms with Crippen LogP contribution in [0.5, 0.6) is 0 Å². The molecule has 0 amide bonds. The Hall–Kier alpha value is -1.51. The Morgan fingerprint density at radius 2 is 0.890 bits per heavy atom. The second-order valence-corrected chi connectivity index (χ2v) is 23.3. The van der Waals surface area contributed by atoms with Gasteiger partial charge in [-0.1, -0.05) is 215 Å². The van der Waals surface area contributed by atoms with Crippen molar-refractivity contribution in [3.8, 4) is 0 Å². The lowest BCUT2D eigenvalue weighted by atomic mass is 9.84. The van der Waals surface area contributed by atoms with Crippen LogP contribution in [-0.4, -0.2) is 125 Å². The fourth-order valence-corrected chi connectivity index (χ4v) is 11.3. The van der Waals surface area contributed by atoms with E-state index in [-0.39, 0.29) is 12.3 Å². The normalized spacial score (nSPS) is 26.3. The molecular weight excluding hydrogens is 961 g/mol. The SMILES string of the molecule is CCCCCCCCCCCCCCCC[C@H](C)C[C@H](C)C[C@H](C)C[C@H](C)C(=O)O[C@H]1[C@H](O)[C@@H](CO)O[C@H](O[C@H]2O[C@H](CO)[C@@H](O)[C@H](O)[C@H]2OS(=O)(=O)O)[C@@H]1OC(=O)CCCCCCCCCCCCCCC. The Morgan fingerprint density at radius 3 is 1.34 bits per heavy atom. The maximum absolute atomic E-state index is 13.9. The molecule has 2 heterocycles. The van der Waals surface area contributed by atoms with E-state index in [2.05, 4.69) is 38.8 Å². The third-order valence-electron chi connectivity index (χ3n) is 14.9. The molecule has 0 spiro atoms. The van der Waals surface area contributed by atoms with Crippen molar-refractivity contribution in [2.24, 2.45) is 23.7 Å². The maximum Gasteiger partial charge on any atom is 0.397 e. The van der Waals surface area contributed by atoms with Gasteiger partial charge in [0.15, 0.2) is 24.6 Å². The summed E-state index contributed by atoms with van der Waals surface area (Å²) in [5.41, 5.74) is 0. The summed E-state index contributed by atoms with van der Waals surface area (Å²) in [5, 5.41) is 53.0. The maximum atomic E-state index is 13.9. The van der Waals surface area contributed by atoms with Gasteiger partial charge in [-0.2, -0.15) is 8.42 Å². The summed E-state index contributed by atoms with van der Waals surface area (Å²) < 4.78 is 67.0. The van der Waals surface area contributed by atoms with E-state index < -0.39 is 103 Å². The molecule has 17 heteroatoms. The second-order valence-electron chi connectivity index (χ2n) is 22.2. The van der Waals surface area contributed by atoms with Gasteiger partial charge in [0.05, 0.1) is 19.1 Å². The highest BCUT2D eigenvalue weighted by atomic mass is 32.3. The first-order valence-corrected chi connectivity index (χ1v) is 30.6. The molecule has 2 aliphatic rings. The molecule has 2 aliphatic heterocycles. The molecule has 2 saturated heterocycles. The van der Waals surface area contributed by atoms with E-state index in [1.807, 2.05) is 0 Å². The Labute approximate surface area is 442 Å². The molecule has 16 nitrogen and oxygen atoms in total. The van der Waals surface area contributed by atoms with Gasteiger partial charge >= 0.3 is 22.3 Å². The van der Waals surface area contributed by atoms with Crippen molar-refractivity contribution in [2.75, 3.05) is 13.2 Å². The second kappa shape index (κ2) is 39.8. The van der Waals surface area contributed by atoms with Crippen molar-refractivity contribution in [1.82, 2.24) is 0 Å². The molecule has 2 rings (SSSR count). The average Bonchev–Trinajstić information content (AvgIpc) is 3.34. The van der Waals surface area contributed by atoms with Crippen LogP contribution in [0.1, 0.15) is 247 Å².